The monoisotopic (exact) mass is 380 g/mol. The van der Waals surface area contributed by atoms with Crippen LogP contribution in [-0.2, 0) is 14.3 Å². The molecule has 1 aliphatic rings. The first-order valence-corrected chi connectivity index (χ1v) is 9.49. The molecule has 0 unspecified atom stereocenters. The standard InChI is InChI=1S/C22H24N2O4/c1-3-23(18-10-5-4-6-11-18)21(26)16(2)28-22(27)17-9-7-12-19(15-17)24-14-8-13-20(24)25/h4-7,9-12,15-16H,3,8,13-14H2,1-2H3/t16-/m0/s1. The first-order chi connectivity index (χ1) is 13.5. The molecule has 2 aromatic carbocycles. The van der Waals surface area contributed by atoms with Crippen LogP contribution >= 0.6 is 0 Å². The summed E-state index contributed by atoms with van der Waals surface area (Å²) in [4.78, 5) is 40.5. The molecule has 0 spiro atoms. The van der Waals surface area contributed by atoms with Gasteiger partial charge in [-0.05, 0) is 50.6 Å². The molecule has 0 radical (unpaired) electrons. The van der Waals surface area contributed by atoms with Gasteiger partial charge in [0.1, 0.15) is 0 Å². The van der Waals surface area contributed by atoms with E-state index >= 15 is 0 Å². The lowest BCUT2D eigenvalue weighted by Crippen LogP contribution is -2.40. The number of para-hydroxylation sites is 1. The Morgan fingerprint density at radius 2 is 1.89 bits per heavy atom. The molecule has 0 saturated carbocycles. The van der Waals surface area contributed by atoms with Gasteiger partial charge in [-0.2, -0.15) is 0 Å². The van der Waals surface area contributed by atoms with Gasteiger partial charge in [0.15, 0.2) is 6.10 Å². The Morgan fingerprint density at radius 1 is 1.14 bits per heavy atom. The second-order valence-corrected chi connectivity index (χ2v) is 6.66. The number of carbonyl (C=O) groups is 3. The summed E-state index contributed by atoms with van der Waals surface area (Å²) in [5.41, 5.74) is 1.75. The molecular weight excluding hydrogens is 356 g/mol. The fourth-order valence-corrected chi connectivity index (χ4v) is 3.29. The Hall–Kier alpha value is -3.15. The zero-order chi connectivity index (χ0) is 20.1. The smallest absolute Gasteiger partial charge is 0.338 e. The third-order valence-corrected chi connectivity index (χ3v) is 4.75. The van der Waals surface area contributed by atoms with Gasteiger partial charge in [-0.1, -0.05) is 24.3 Å². The van der Waals surface area contributed by atoms with Gasteiger partial charge in [0, 0.05) is 30.9 Å². The molecule has 28 heavy (non-hydrogen) atoms. The number of carbonyl (C=O) groups excluding carboxylic acids is 3. The summed E-state index contributed by atoms with van der Waals surface area (Å²) < 4.78 is 5.41. The van der Waals surface area contributed by atoms with Gasteiger partial charge in [-0.15, -0.1) is 0 Å². The minimum absolute atomic E-state index is 0.0514. The molecule has 1 fully saturated rings. The Morgan fingerprint density at radius 3 is 2.54 bits per heavy atom. The Balaban J connectivity index is 1.70. The summed E-state index contributed by atoms with van der Waals surface area (Å²) in [6.07, 6.45) is 0.405. The molecule has 0 aromatic heterocycles. The SMILES string of the molecule is CCN(C(=O)[C@H](C)OC(=O)c1cccc(N2CCCC2=O)c1)c1ccccc1. The second-order valence-electron chi connectivity index (χ2n) is 6.66. The average Bonchev–Trinajstić information content (AvgIpc) is 3.15. The van der Waals surface area contributed by atoms with Crippen LogP contribution in [0.3, 0.4) is 0 Å². The first kappa shape index (κ1) is 19.6. The molecule has 1 atom stereocenters. The molecule has 2 amide bonds. The summed E-state index contributed by atoms with van der Waals surface area (Å²) in [5, 5.41) is 0. The van der Waals surface area contributed by atoms with Crippen molar-refractivity contribution in [3.63, 3.8) is 0 Å². The second kappa shape index (κ2) is 8.69. The molecule has 0 N–H and O–H groups in total. The van der Waals surface area contributed by atoms with Gasteiger partial charge in [-0.3, -0.25) is 9.59 Å². The van der Waals surface area contributed by atoms with Crippen LogP contribution in [0.2, 0.25) is 0 Å². The van der Waals surface area contributed by atoms with Crippen LogP contribution < -0.4 is 9.80 Å². The van der Waals surface area contributed by atoms with E-state index in [-0.39, 0.29) is 11.8 Å². The maximum atomic E-state index is 12.8. The quantitative estimate of drug-likeness (QED) is 0.721. The highest BCUT2D eigenvalue weighted by molar-refractivity contribution is 6.00. The highest BCUT2D eigenvalue weighted by atomic mass is 16.5. The van der Waals surface area contributed by atoms with Crippen LogP contribution in [0.4, 0.5) is 11.4 Å². The van der Waals surface area contributed by atoms with Crippen molar-refractivity contribution < 1.29 is 19.1 Å². The lowest BCUT2D eigenvalue weighted by molar-refractivity contribution is -0.126. The van der Waals surface area contributed by atoms with Crippen LogP contribution in [0.1, 0.15) is 37.0 Å². The highest BCUT2D eigenvalue weighted by Gasteiger charge is 2.26. The van der Waals surface area contributed by atoms with Gasteiger partial charge in [0.2, 0.25) is 5.91 Å². The molecule has 146 valence electrons. The molecule has 2 aromatic rings. The van der Waals surface area contributed by atoms with Gasteiger partial charge >= 0.3 is 5.97 Å². The first-order valence-electron chi connectivity index (χ1n) is 9.49. The van der Waals surface area contributed by atoms with E-state index in [2.05, 4.69) is 0 Å². The number of hydrogen-bond acceptors (Lipinski definition) is 4. The number of nitrogens with zero attached hydrogens (tertiary/aromatic N) is 2. The van der Waals surface area contributed by atoms with Crippen molar-refractivity contribution in [2.75, 3.05) is 22.9 Å². The Bertz CT molecular complexity index is 866. The topological polar surface area (TPSA) is 66.9 Å². The van der Waals surface area contributed by atoms with Gasteiger partial charge in [-0.25, -0.2) is 4.79 Å². The van der Waals surface area contributed by atoms with E-state index in [1.54, 1.807) is 41.0 Å². The number of likely N-dealkylation sites (N-methyl/N-ethyl adjacent to an activating group) is 1. The fraction of sp³-hybridized carbons (Fsp3) is 0.318. The lowest BCUT2D eigenvalue weighted by atomic mass is 10.2. The summed E-state index contributed by atoms with van der Waals surface area (Å²) in [6.45, 7) is 4.56. The normalized spacial score (nSPS) is 14.6. The van der Waals surface area contributed by atoms with E-state index in [4.69, 9.17) is 4.74 Å². The summed E-state index contributed by atoms with van der Waals surface area (Å²) in [6, 6.07) is 16.0. The van der Waals surface area contributed by atoms with Crippen molar-refractivity contribution >= 4 is 29.2 Å². The number of hydrogen-bond donors (Lipinski definition) is 0. The van der Waals surface area contributed by atoms with Crippen LogP contribution in [-0.4, -0.2) is 37.0 Å². The summed E-state index contributed by atoms with van der Waals surface area (Å²) in [5.74, 6) is -0.818. The van der Waals surface area contributed by atoms with Gasteiger partial charge < -0.3 is 14.5 Å². The number of ether oxygens (including phenoxy) is 1. The number of esters is 1. The number of rotatable bonds is 6. The Labute approximate surface area is 164 Å². The third kappa shape index (κ3) is 4.22. The predicted molar refractivity (Wildman–Crippen MR) is 107 cm³/mol. The molecule has 6 nitrogen and oxygen atoms in total. The van der Waals surface area contributed by atoms with Crippen LogP contribution in [0.5, 0.6) is 0 Å². The number of benzene rings is 2. The van der Waals surface area contributed by atoms with E-state index < -0.39 is 12.1 Å². The fourth-order valence-electron chi connectivity index (χ4n) is 3.29. The van der Waals surface area contributed by atoms with E-state index in [9.17, 15) is 14.4 Å². The molecule has 0 aliphatic carbocycles. The molecule has 3 rings (SSSR count). The van der Waals surface area contributed by atoms with Crippen molar-refractivity contribution in [1.29, 1.82) is 0 Å². The molecular formula is C22H24N2O4. The molecule has 6 heteroatoms. The molecule has 1 saturated heterocycles. The van der Waals surface area contributed by atoms with Crippen molar-refractivity contribution in [2.24, 2.45) is 0 Å². The molecule has 1 aliphatic heterocycles. The van der Waals surface area contributed by atoms with E-state index in [1.165, 1.54) is 0 Å². The van der Waals surface area contributed by atoms with E-state index in [1.807, 2.05) is 37.3 Å². The number of amides is 2. The third-order valence-electron chi connectivity index (χ3n) is 4.75. The van der Waals surface area contributed by atoms with Crippen molar-refractivity contribution in [3.8, 4) is 0 Å². The zero-order valence-corrected chi connectivity index (χ0v) is 16.1. The van der Waals surface area contributed by atoms with Gasteiger partial charge in [0.05, 0.1) is 5.56 Å². The van der Waals surface area contributed by atoms with Crippen LogP contribution in [0, 0.1) is 0 Å². The van der Waals surface area contributed by atoms with Crippen molar-refractivity contribution in [1.82, 2.24) is 0 Å². The number of anilines is 2. The predicted octanol–water partition coefficient (Wildman–Crippen LogP) is 3.41. The lowest BCUT2D eigenvalue weighted by Gasteiger charge is -2.24. The Kier molecular flexibility index (Phi) is 6.09. The highest BCUT2D eigenvalue weighted by Crippen LogP contribution is 2.23. The zero-order valence-electron chi connectivity index (χ0n) is 16.1. The largest absolute Gasteiger partial charge is 0.449 e. The van der Waals surface area contributed by atoms with Gasteiger partial charge in [0.25, 0.3) is 5.91 Å². The minimum Gasteiger partial charge on any atom is -0.449 e. The van der Waals surface area contributed by atoms with Crippen LogP contribution in [0.25, 0.3) is 0 Å². The maximum Gasteiger partial charge on any atom is 0.338 e. The minimum atomic E-state index is -0.926. The average molecular weight is 380 g/mol. The maximum absolute atomic E-state index is 12.8. The van der Waals surface area contributed by atoms with Crippen LogP contribution in [0.15, 0.2) is 54.6 Å². The summed E-state index contributed by atoms with van der Waals surface area (Å²) in [7, 11) is 0. The molecule has 0 bridgehead atoms. The van der Waals surface area contributed by atoms with Crippen molar-refractivity contribution in [2.45, 2.75) is 32.8 Å². The summed E-state index contributed by atoms with van der Waals surface area (Å²) >= 11 is 0. The van der Waals surface area contributed by atoms with E-state index in [0.717, 1.165) is 12.1 Å². The molecule has 1 heterocycles. The van der Waals surface area contributed by atoms with E-state index in [0.29, 0.717) is 30.8 Å². The van der Waals surface area contributed by atoms with Crippen molar-refractivity contribution in [3.05, 3.63) is 60.2 Å².